The molecule has 0 aliphatic carbocycles. The molecule has 17 heavy (non-hydrogen) atoms. The van der Waals surface area contributed by atoms with Crippen LogP contribution in [0.15, 0.2) is 24.3 Å². The minimum absolute atomic E-state index is 0.0238. The Hall–Kier alpha value is -1.91. The molecule has 1 N–H and O–H groups in total. The summed E-state index contributed by atoms with van der Waals surface area (Å²) in [6.45, 7) is 0. The van der Waals surface area contributed by atoms with Gasteiger partial charge in [0.1, 0.15) is 11.9 Å². The Morgan fingerprint density at radius 1 is 1.41 bits per heavy atom. The number of carbonyl (C=O) groups excluding carboxylic acids is 2. The van der Waals surface area contributed by atoms with E-state index in [0.717, 1.165) is 0 Å². The number of halogens is 1. The Labute approximate surface area is 98.4 Å². The predicted molar refractivity (Wildman–Crippen MR) is 60.8 cm³/mol. The van der Waals surface area contributed by atoms with Gasteiger partial charge < -0.3 is 10.2 Å². The highest BCUT2D eigenvalue weighted by molar-refractivity contribution is 5.98. The van der Waals surface area contributed by atoms with Gasteiger partial charge in [0.05, 0.1) is 0 Å². The molecule has 1 saturated heterocycles. The number of likely N-dealkylation sites (N-methyl/N-ethyl adjacent to an activating group) is 1. The number of benzene rings is 1. The molecule has 1 aliphatic rings. The fourth-order valence-electron chi connectivity index (χ4n) is 1.87. The first-order chi connectivity index (χ1) is 8.08. The lowest BCUT2D eigenvalue weighted by molar-refractivity contribution is -0.131. The molecule has 1 aromatic rings. The van der Waals surface area contributed by atoms with Crippen molar-refractivity contribution in [1.82, 2.24) is 4.90 Å². The van der Waals surface area contributed by atoms with E-state index < -0.39 is 6.04 Å². The van der Waals surface area contributed by atoms with E-state index >= 15 is 0 Å². The van der Waals surface area contributed by atoms with Crippen molar-refractivity contribution >= 4 is 17.5 Å². The summed E-state index contributed by atoms with van der Waals surface area (Å²) in [4.78, 5) is 24.6. The van der Waals surface area contributed by atoms with Crippen molar-refractivity contribution in [2.45, 2.75) is 18.9 Å². The van der Waals surface area contributed by atoms with Gasteiger partial charge in [-0.25, -0.2) is 4.39 Å². The first-order valence-electron chi connectivity index (χ1n) is 5.40. The van der Waals surface area contributed by atoms with Gasteiger partial charge in [0.15, 0.2) is 0 Å². The molecule has 0 aromatic heterocycles. The zero-order valence-corrected chi connectivity index (χ0v) is 9.44. The van der Waals surface area contributed by atoms with E-state index in [-0.39, 0.29) is 17.6 Å². The molecule has 1 atom stereocenters. The molecule has 1 fully saturated rings. The lowest BCUT2D eigenvalue weighted by Gasteiger charge is -2.18. The van der Waals surface area contributed by atoms with E-state index in [2.05, 4.69) is 5.32 Å². The highest BCUT2D eigenvalue weighted by Crippen LogP contribution is 2.18. The Balaban J connectivity index is 2.02. The Kier molecular flexibility index (Phi) is 3.08. The topological polar surface area (TPSA) is 49.4 Å². The first-order valence-corrected chi connectivity index (χ1v) is 5.40. The molecule has 0 radical (unpaired) electrons. The Morgan fingerprint density at radius 2 is 2.06 bits per heavy atom. The second kappa shape index (κ2) is 4.53. The summed E-state index contributed by atoms with van der Waals surface area (Å²) in [5.41, 5.74) is 0.532. The third-order valence-electron chi connectivity index (χ3n) is 2.91. The van der Waals surface area contributed by atoms with E-state index in [4.69, 9.17) is 0 Å². The monoisotopic (exact) mass is 236 g/mol. The largest absolute Gasteiger partial charge is 0.334 e. The summed E-state index contributed by atoms with van der Waals surface area (Å²) in [7, 11) is 1.62. The minimum atomic E-state index is -0.424. The Morgan fingerprint density at radius 3 is 2.59 bits per heavy atom. The fraction of sp³-hybridized carbons (Fsp3) is 0.333. The molecule has 4 nitrogen and oxygen atoms in total. The lowest BCUT2D eigenvalue weighted by Crippen LogP contribution is -2.38. The summed E-state index contributed by atoms with van der Waals surface area (Å²) < 4.78 is 12.7. The number of anilines is 1. The van der Waals surface area contributed by atoms with Crippen LogP contribution in [0, 0.1) is 5.82 Å². The molecule has 1 unspecified atom stereocenters. The molecule has 5 heteroatoms. The molecule has 0 saturated carbocycles. The molecular weight excluding hydrogens is 223 g/mol. The van der Waals surface area contributed by atoms with Crippen LogP contribution in [0.1, 0.15) is 12.8 Å². The van der Waals surface area contributed by atoms with Crippen LogP contribution in [-0.2, 0) is 9.59 Å². The zero-order valence-electron chi connectivity index (χ0n) is 9.44. The van der Waals surface area contributed by atoms with Crippen LogP contribution in [0.5, 0.6) is 0 Å². The maximum atomic E-state index is 12.7. The van der Waals surface area contributed by atoms with Crippen molar-refractivity contribution in [2.24, 2.45) is 0 Å². The second-order valence-electron chi connectivity index (χ2n) is 4.06. The van der Waals surface area contributed by atoms with Crippen LogP contribution in [0.3, 0.4) is 0 Å². The molecule has 0 spiro atoms. The standard InChI is InChI=1S/C12H13FN2O2/c1-15-10(6-7-11(15)16)12(17)14-9-4-2-8(13)3-5-9/h2-5,10H,6-7H2,1H3,(H,14,17). The Bertz CT molecular complexity index is 444. The van der Waals surface area contributed by atoms with E-state index in [1.807, 2.05) is 0 Å². The molecule has 2 rings (SSSR count). The fourth-order valence-corrected chi connectivity index (χ4v) is 1.87. The number of amides is 2. The number of nitrogens with one attached hydrogen (secondary N) is 1. The van der Waals surface area contributed by atoms with Gasteiger partial charge in [-0.15, -0.1) is 0 Å². The van der Waals surface area contributed by atoms with Crippen molar-refractivity contribution in [3.05, 3.63) is 30.1 Å². The van der Waals surface area contributed by atoms with Gasteiger partial charge in [0, 0.05) is 19.2 Å². The second-order valence-corrected chi connectivity index (χ2v) is 4.06. The predicted octanol–water partition coefficient (Wildman–Crippen LogP) is 1.38. The molecule has 90 valence electrons. The van der Waals surface area contributed by atoms with Crippen molar-refractivity contribution in [3.8, 4) is 0 Å². The molecule has 1 aromatic carbocycles. The molecule has 2 amide bonds. The van der Waals surface area contributed by atoms with E-state index in [0.29, 0.717) is 18.5 Å². The minimum Gasteiger partial charge on any atom is -0.334 e. The maximum absolute atomic E-state index is 12.7. The SMILES string of the molecule is CN1C(=O)CCC1C(=O)Nc1ccc(F)cc1. The van der Waals surface area contributed by atoms with Crippen molar-refractivity contribution in [1.29, 1.82) is 0 Å². The molecule has 0 bridgehead atoms. The summed E-state index contributed by atoms with van der Waals surface area (Å²) in [5, 5.41) is 2.66. The number of nitrogens with zero attached hydrogens (tertiary/aromatic N) is 1. The number of rotatable bonds is 2. The summed E-state index contributed by atoms with van der Waals surface area (Å²) in [6, 6.07) is 5.11. The molecule has 1 heterocycles. The van der Waals surface area contributed by atoms with Gasteiger partial charge in [-0.05, 0) is 30.7 Å². The van der Waals surface area contributed by atoms with Gasteiger partial charge in [0.2, 0.25) is 11.8 Å². The summed E-state index contributed by atoms with van der Waals surface area (Å²) in [6.07, 6.45) is 0.931. The lowest BCUT2D eigenvalue weighted by atomic mass is 10.2. The zero-order chi connectivity index (χ0) is 12.4. The van der Waals surface area contributed by atoms with Gasteiger partial charge in [-0.3, -0.25) is 9.59 Å². The van der Waals surface area contributed by atoms with Gasteiger partial charge in [-0.2, -0.15) is 0 Å². The number of likely N-dealkylation sites (tertiary alicyclic amines) is 1. The van der Waals surface area contributed by atoms with Crippen LogP contribution < -0.4 is 5.32 Å². The summed E-state index contributed by atoms with van der Waals surface area (Å²) >= 11 is 0. The maximum Gasteiger partial charge on any atom is 0.247 e. The van der Waals surface area contributed by atoms with Crippen molar-refractivity contribution in [2.75, 3.05) is 12.4 Å². The van der Waals surface area contributed by atoms with E-state index in [1.165, 1.54) is 29.2 Å². The van der Waals surface area contributed by atoms with E-state index in [1.54, 1.807) is 7.05 Å². The average Bonchev–Trinajstić information content (AvgIpc) is 2.63. The highest BCUT2D eigenvalue weighted by Gasteiger charge is 2.33. The number of hydrogen-bond donors (Lipinski definition) is 1. The van der Waals surface area contributed by atoms with Crippen LogP contribution in [-0.4, -0.2) is 29.8 Å². The van der Waals surface area contributed by atoms with Gasteiger partial charge >= 0.3 is 0 Å². The highest BCUT2D eigenvalue weighted by atomic mass is 19.1. The van der Waals surface area contributed by atoms with E-state index in [9.17, 15) is 14.0 Å². The van der Waals surface area contributed by atoms with Crippen molar-refractivity contribution < 1.29 is 14.0 Å². The third kappa shape index (κ3) is 2.43. The first kappa shape index (κ1) is 11.6. The quantitative estimate of drug-likeness (QED) is 0.843. The summed E-state index contributed by atoms with van der Waals surface area (Å²) in [5.74, 6) is -0.606. The van der Waals surface area contributed by atoms with Gasteiger partial charge in [-0.1, -0.05) is 0 Å². The van der Waals surface area contributed by atoms with Crippen LogP contribution in [0.2, 0.25) is 0 Å². The van der Waals surface area contributed by atoms with Crippen LogP contribution in [0.25, 0.3) is 0 Å². The van der Waals surface area contributed by atoms with Crippen LogP contribution >= 0.6 is 0 Å². The molecule has 1 aliphatic heterocycles. The van der Waals surface area contributed by atoms with Crippen LogP contribution in [0.4, 0.5) is 10.1 Å². The molecular formula is C12H13FN2O2. The normalized spacial score (nSPS) is 19.5. The average molecular weight is 236 g/mol. The van der Waals surface area contributed by atoms with Gasteiger partial charge in [0.25, 0.3) is 0 Å². The third-order valence-corrected chi connectivity index (χ3v) is 2.91. The smallest absolute Gasteiger partial charge is 0.247 e. The van der Waals surface area contributed by atoms with Crippen molar-refractivity contribution in [3.63, 3.8) is 0 Å². The number of hydrogen-bond acceptors (Lipinski definition) is 2. The number of carbonyl (C=O) groups is 2.